The molecule has 1 aromatic carbocycles. The summed E-state index contributed by atoms with van der Waals surface area (Å²) >= 11 is 1.58. The number of hydrogen-bond acceptors (Lipinski definition) is 3. The number of carbonyl (C=O) groups excluding carboxylic acids is 1. The first-order valence-electron chi connectivity index (χ1n) is 7.28. The van der Waals surface area contributed by atoms with Crippen molar-refractivity contribution in [2.24, 2.45) is 0 Å². The van der Waals surface area contributed by atoms with Crippen LogP contribution in [0.5, 0.6) is 0 Å². The Morgan fingerprint density at radius 1 is 1.35 bits per heavy atom. The first kappa shape index (κ1) is 15.4. The van der Waals surface area contributed by atoms with E-state index in [9.17, 15) is 4.79 Å². The summed E-state index contributed by atoms with van der Waals surface area (Å²) in [5.41, 5.74) is 1.37. The molecular formula is C16H24N2OS. The van der Waals surface area contributed by atoms with Gasteiger partial charge in [-0.15, -0.1) is 0 Å². The maximum Gasteiger partial charge on any atom is 0.230 e. The molecule has 4 heteroatoms. The van der Waals surface area contributed by atoms with Crippen LogP contribution in [0.2, 0.25) is 0 Å². The fourth-order valence-corrected chi connectivity index (χ4v) is 3.12. The van der Waals surface area contributed by atoms with Crippen LogP contribution in [-0.4, -0.2) is 41.9 Å². The lowest BCUT2D eigenvalue weighted by Crippen LogP contribution is -2.45. The summed E-state index contributed by atoms with van der Waals surface area (Å²) in [6.45, 7) is 4.38. The summed E-state index contributed by atoms with van der Waals surface area (Å²) in [5, 5.41) is 3.13. The van der Waals surface area contributed by atoms with Gasteiger partial charge in [-0.2, -0.15) is 11.8 Å². The molecule has 0 aromatic heterocycles. The topological polar surface area (TPSA) is 32.3 Å². The van der Waals surface area contributed by atoms with E-state index in [4.69, 9.17) is 0 Å². The van der Waals surface area contributed by atoms with Crippen molar-refractivity contribution < 1.29 is 4.79 Å². The second-order valence-corrected chi connectivity index (χ2v) is 6.26. The lowest BCUT2D eigenvalue weighted by atomic mass is 10.0. The molecule has 1 amide bonds. The molecular weight excluding hydrogens is 268 g/mol. The molecule has 20 heavy (non-hydrogen) atoms. The number of nitrogens with zero attached hydrogens (tertiary/aromatic N) is 1. The summed E-state index contributed by atoms with van der Waals surface area (Å²) in [5.74, 6) is 0.743. The van der Waals surface area contributed by atoms with Crippen LogP contribution in [0.3, 0.4) is 0 Å². The minimum atomic E-state index is 0.173. The third-order valence-electron chi connectivity index (χ3n) is 4.00. The summed E-state index contributed by atoms with van der Waals surface area (Å²) in [6.07, 6.45) is 4.07. The SMILES string of the molecule is CSCC(=O)NC1CCN([C@@H](C)c2ccccc2)CC1. The van der Waals surface area contributed by atoms with E-state index in [1.807, 2.05) is 6.26 Å². The van der Waals surface area contributed by atoms with E-state index in [2.05, 4.69) is 47.5 Å². The highest BCUT2D eigenvalue weighted by atomic mass is 32.2. The fraction of sp³-hybridized carbons (Fsp3) is 0.562. The monoisotopic (exact) mass is 292 g/mol. The van der Waals surface area contributed by atoms with Crippen LogP contribution in [0.15, 0.2) is 30.3 Å². The van der Waals surface area contributed by atoms with Crippen molar-refractivity contribution in [3.8, 4) is 0 Å². The number of rotatable bonds is 5. The van der Waals surface area contributed by atoms with Crippen molar-refractivity contribution in [3.63, 3.8) is 0 Å². The molecule has 1 heterocycles. The number of amides is 1. The van der Waals surface area contributed by atoms with E-state index >= 15 is 0 Å². The molecule has 3 nitrogen and oxygen atoms in total. The Kier molecular flexibility index (Phi) is 5.92. The molecule has 1 aromatic rings. The van der Waals surface area contributed by atoms with Crippen molar-refractivity contribution in [2.45, 2.75) is 31.8 Å². The smallest absolute Gasteiger partial charge is 0.230 e. The van der Waals surface area contributed by atoms with E-state index in [0.29, 0.717) is 17.8 Å². The fourth-order valence-electron chi connectivity index (χ4n) is 2.77. The molecule has 1 aliphatic rings. The Bertz CT molecular complexity index is 416. The van der Waals surface area contributed by atoms with Gasteiger partial charge >= 0.3 is 0 Å². The molecule has 0 radical (unpaired) electrons. The lowest BCUT2D eigenvalue weighted by molar-refractivity contribution is -0.119. The molecule has 1 saturated heterocycles. The van der Waals surface area contributed by atoms with Crippen LogP contribution in [-0.2, 0) is 4.79 Å². The number of hydrogen-bond donors (Lipinski definition) is 1. The van der Waals surface area contributed by atoms with E-state index < -0.39 is 0 Å². The van der Waals surface area contributed by atoms with Gasteiger partial charge < -0.3 is 5.32 Å². The Morgan fingerprint density at radius 2 is 2.00 bits per heavy atom. The minimum absolute atomic E-state index is 0.173. The molecule has 110 valence electrons. The zero-order valence-corrected chi connectivity index (χ0v) is 13.2. The van der Waals surface area contributed by atoms with Gasteiger partial charge in [0.1, 0.15) is 0 Å². The standard InChI is InChI=1S/C16H24N2OS/c1-13(14-6-4-3-5-7-14)18-10-8-15(9-11-18)17-16(19)12-20-2/h3-7,13,15H,8-12H2,1-2H3,(H,17,19)/t13-/m0/s1. The van der Waals surface area contributed by atoms with Crippen LogP contribution in [0.1, 0.15) is 31.4 Å². The molecule has 0 bridgehead atoms. The minimum Gasteiger partial charge on any atom is -0.353 e. The van der Waals surface area contributed by atoms with E-state index in [-0.39, 0.29) is 5.91 Å². The lowest BCUT2D eigenvalue weighted by Gasteiger charge is -2.36. The number of nitrogens with one attached hydrogen (secondary N) is 1. The average Bonchev–Trinajstić information content (AvgIpc) is 2.48. The first-order valence-corrected chi connectivity index (χ1v) is 8.67. The predicted molar refractivity (Wildman–Crippen MR) is 86.0 cm³/mol. The van der Waals surface area contributed by atoms with Gasteiger partial charge in [-0.1, -0.05) is 30.3 Å². The van der Waals surface area contributed by atoms with Gasteiger partial charge in [0.05, 0.1) is 5.75 Å². The van der Waals surface area contributed by atoms with E-state index in [1.165, 1.54) is 5.56 Å². The molecule has 0 spiro atoms. The first-order chi connectivity index (χ1) is 9.70. The Balaban J connectivity index is 1.81. The van der Waals surface area contributed by atoms with Gasteiger partial charge in [-0.25, -0.2) is 0 Å². The second-order valence-electron chi connectivity index (χ2n) is 5.40. The normalized spacial score (nSPS) is 18.7. The van der Waals surface area contributed by atoms with Crippen molar-refractivity contribution in [3.05, 3.63) is 35.9 Å². The van der Waals surface area contributed by atoms with Crippen LogP contribution in [0, 0.1) is 0 Å². The van der Waals surface area contributed by atoms with Crippen molar-refractivity contribution in [1.29, 1.82) is 0 Å². The third kappa shape index (κ3) is 4.25. The number of carbonyl (C=O) groups is 1. The Labute approximate surface area is 126 Å². The van der Waals surface area contributed by atoms with Crippen LogP contribution < -0.4 is 5.32 Å². The van der Waals surface area contributed by atoms with Crippen LogP contribution >= 0.6 is 11.8 Å². The van der Waals surface area contributed by atoms with E-state index in [0.717, 1.165) is 25.9 Å². The highest BCUT2D eigenvalue weighted by molar-refractivity contribution is 7.99. The largest absolute Gasteiger partial charge is 0.353 e. The van der Waals surface area contributed by atoms with Gasteiger partial charge in [-0.05, 0) is 31.6 Å². The summed E-state index contributed by atoms with van der Waals surface area (Å²) in [4.78, 5) is 14.1. The van der Waals surface area contributed by atoms with Gasteiger partial charge in [0.25, 0.3) is 0 Å². The zero-order valence-electron chi connectivity index (χ0n) is 12.3. The summed E-state index contributed by atoms with van der Waals surface area (Å²) in [6, 6.07) is 11.5. The molecule has 0 unspecified atom stereocenters. The van der Waals surface area contributed by atoms with Crippen LogP contribution in [0.4, 0.5) is 0 Å². The zero-order chi connectivity index (χ0) is 14.4. The molecule has 1 atom stereocenters. The maximum absolute atomic E-state index is 11.6. The molecule has 1 aliphatic heterocycles. The van der Waals surface area contributed by atoms with Crippen molar-refractivity contribution >= 4 is 17.7 Å². The summed E-state index contributed by atoms with van der Waals surface area (Å²) in [7, 11) is 0. The number of likely N-dealkylation sites (tertiary alicyclic amines) is 1. The third-order valence-corrected chi connectivity index (χ3v) is 4.55. The highest BCUT2D eigenvalue weighted by Crippen LogP contribution is 2.23. The molecule has 0 aliphatic carbocycles. The predicted octanol–water partition coefficient (Wildman–Crippen LogP) is 2.69. The van der Waals surface area contributed by atoms with Crippen molar-refractivity contribution in [1.82, 2.24) is 10.2 Å². The number of thioether (sulfide) groups is 1. The average molecular weight is 292 g/mol. The van der Waals surface area contributed by atoms with E-state index in [1.54, 1.807) is 11.8 Å². The molecule has 1 fully saturated rings. The van der Waals surface area contributed by atoms with Crippen molar-refractivity contribution in [2.75, 3.05) is 25.1 Å². The summed E-state index contributed by atoms with van der Waals surface area (Å²) < 4.78 is 0. The Hall–Kier alpha value is -1.00. The van der Waals surface area contributed by atoms with Crippen LogP contribution in [0.25, 0.3) is 0 Å². The quantitative estimate of drug-likeness (QED) is 0.905. The Morgan fingerprint density at radius 3 is 2.60 bits per heavy atom. The van der Waals surface area contributed by atoms with Gasteiger partial charge in [0, 0.05) is 25.2 Å². The van der Waals surface area contributed by atoms with Gasteiger partial charge in [0.2, 0.25) is 5.91 Å². The number of benzene rings is 1. The van der Waals surface area contributed by atoms with Gasteiger partial charge in [0.15, 0.2) is 0 Å². The molecule has 0 saturated carbocycles. The molecule has 1 N–H and O–H groups in total. The number of piperidine rings is 1. The molecule has 2 rings (SSSR count). The maximum atomic E-state index is 11.6. The highest BCUT2D eigenvalue weighted by Gasteiger charge is 2.24. The second kappa shape index (κ2) is 7.70. The van der Waals surface area contributed by atoms with Gasteiger partial charge in [-0.3, -0.25) is 9.69 Å².